The molecule has 144 valence electrons. The number of nitrogens with one attached hydrogen (secondary N) is 2. The van der Waals surface area contributed by atoms with Crippen LogP contribution in [0.1, 0.15) is 37.2 Å². The molecule has 0 atom stereocenters. The third kappa shape index (κ3) is 5.19. The third-order valence-electron chi connectivity index (χ3n) is 4.75. The van der Waals surface area contributed by atoms with Crippen LogP contribution in [0.3, 0.4) is 0 Å². The molecule has 2 fully saturated rings. The van der Waals surface area contributed by atoms with Gasteiger partial charge in [-0.15, -0.1) is 0 Å². The Bertz CT molecular complexity index is 828. The van der Waals surface area contributed by atoms with E-state index < -0.39 is 0 Å². The van der Waals surface area contributed by atoms with Gasteiger partial charge in [0.15, 0.2) is 0 Å². The van der Waals surface area contributed by atoms with E-state index in [1.54, 1.807) is 12.3 Å². The van der Waals surface area contributed by atoms with Crippen molar-refractivity contribution in [2.45, 2.75) is 37.6 Å². The highest BCUT2D eigenvalue weighted by atomic mass is 16.3. The zero-order valence-electron chi connectivity index (χ0n) is 15.0. The number of piperidine rings is 1. The van der Waals surface area contributed by atoms with Crippen LogP contribution in [0, 0.1) is 0 Å². The quantitative estimate of drug-likeness (QED) is 0.591. The van der Waals surface area contributed by atoms with E-state index in [0.717, 1.165) is 43.1 Å². The van der Waals surface area contributed by atoms with Crippen molar-refractivity contribution in [3.63, 3.8) is 0 Å². The monoisotopic (exact) mass is 372 g/mol. The van der Waals surface area contributed by atoms with E-state index in [0.29, 0.717) is 17.9 Å². The normalized spacial score (nSPS) is 17.0. The number of nitrogens with zero attached hydrogens (tertiary/aromatic N) is 3. The number of aromatic amines is 1. The molecular formula is C18H24N6O3. The first-order chi connectivity index (χ1) is 13.1. The Kier molecular flexibility index (Phi) is 5.90. The minimum atomic E-state index is -0.250. The molecule has 27 heavy (non-hydrogen) atoms. The van der Waals surface area contributed by atoms with Gasteiger partial charge in [-0.1, -0.05) is 0 Å². The summed E-state index contributed by atoms with van der Waals surface area (Å²) in [5.74, 6) is 2.44. The molecule has 0 amide bonds. The standard InChI is InChI=1S/C17H22N6O.CH2O2/c18-17-21-14(20-13-1-2-13)10-15(22-17)23-7-4-11(5-8-23)12-3-6-19-16(24)9-12;2-1-3/h3,6,9-11,13H,1-2,4-5,7-8H2,(H,19,24)(H3,18,20,21,22);1H,(H,2,3). The van der Waals surface area contributed by atoms with E-state index >= 15 is 0 Å². The van der Waals surface area contributed by atoms with Crippen LogP contribution in [0.2, 0.25) is 0 Å². The second kappa shape index (κ2) is 8.52. The number of aromatic nitrogens is 3. The second-order valence-corrected chi connectivity index (χ2v) is 6.74. The van der Waals surface area contributed by atoms with Crippen molar-refractivity contribution in [1.82, 2.24) is 15.0 Å². The van der Waals surface area contributed by atoms with E-state index in [-0.39, 0.29) is 12.0 Å². The summed E-state index contributed by atoms with van der Waals surface area (Å²) in [5, 5.41) is 10.3. The predicted molar refractivity (Wildman–Crippen MR) is 103 cm³/mol. The molecule has 2 aromatic heterocycles. The Morgan fingerprint density at radius 1 is 1.22 bits per heavy atom. The Hall–Kier alpha value is -3.10. The molecule has 1 saturated carbocycles. The Labute approximate surface area is 156 Å². The average molecular weight is 372 g/mol. The number of carboxylic acid groups (broad SMARTS) is 1. The number of pyridine rings is 1. The van der Waals surface area contributed by atoms with Crippen LogP contribution in [0.4, 0.5) is 17.6 Å². The van der Waals surface area contributed by atoms with Crippen LogP contribution >= 0.6 is 0 Å². The molecule has 2 aromatic rings. The van der Waals surface area contributed by atoms with E-state index in [1.165, 1.54) is 12.8 Å². The van der Waals surface area contributed by atoms with Crippen LogP contribution < -0.4 is 21.5 Å². The fraction of sp³-hybridized carbons (Fsp3) is 0.444. The van der Waals surface area contributed by atoms with Crippen LogP contribution in [-0.2, 0) is 4.79 Å². The number of hydrogen-bond acceptors (Lipinski definition) is 7. The van der Waals surface area contributed by atoms with E-state index in [1.807, 2.05) is 12.1 Å². The van der Waals surface area contributed by atoms with Gasteiger partial charge >= 0.3 is 0 Å². The summed E-state index contributed by atoms with van der Waals surface area (Å²) in [5.41, 5.74) is 6.96. The van der Waals surface area contributed by atoms with Crippen molar-refractivity contribution >= 4 is 24.1 Å². The van der Waals surface area contributed by atoms with Crippen molar-refractivity contribution in [3.05, 3.63) is 40.3 Å². The van der Waals surface area contributed by atoms with E-state index in [9.17, 15) is 4.79 Å². The van der Waals surface area contributed by atoms with Crippen LogP contribution in [0.15, 0.2) is 29.2 Å². The molecule has 1 saturated heterocycles. The molecule has 9 heteroatoms. The lowest BCUT2D eigenvalue weighted by Crippen LogP contribution is -2.34. The van der Waals surface area contributed by atoms with Crippen LogP contribution in [0.25, 0.3) is 0 Å². The molecule has 5 N–H and O–H groups in total. The number of nitrogens with two attached hydrogens (primary N) is 1. The molecule has 3 heterocycles. The number of carbonyl (C=O) groups is 1. The minimum absolute atomic E-state index is 0.0331. The average Bonchev–Trinajstić information content (AvgIpc) is 3.46. The van der Waals surface area contributed by atoms with Crippen molar-refractivity contribution in [2.75, 3.05) is 29.0 Å². The van der Waals surface area contributed by atoms with Gasteiger partial charge in [0.1, 0.15) is 11.6 Å². The fourth-order valence-electron chi connectivity index (χ4n) is 3.28. The summed E-state index contributed by atoms with van der Waals surface area (Å²) in [6.45, 7) is 1.55. The number of H-pyrrole nitrogens is 1. The summed E-state index contributed by atoms with van der Waals surface area (Å²) in [6, 6.07) is 6.24. The van der Waals surface area contributed by atoms with Gasteiger partial charge in [-0.3, -0.25) is 9.59 Å². The Morgan fingerprint density at radius 3 is 2.56 bits per heavy atom. The first kappa shape index (κ1) is 18.7. The maximum atomic E-state index is 11.5. The maximum absolute atomic E-state index is 11.5. The summed E-state index contributed by atoms with van der Waals surface area (Å²) >= 11 is 0. The summed E-state index contributed by atoms with van der Waals surface area (Å²) in [6.07, 6.45) is 6.12. The molecule has 1 aliphatic heterocycles. The largest absolute Gasteiger partial charge is 0.483 e. The second-order valence-electron chi connectivity index (χ2n) is 6.74. The highest BCUT2D eigenvalue weighted by Gasteiger charge is 2.24. The third-order valence-corrected chi connectivity index (χ3v) is 4.75. The first-order valence-electron chi connectivity index (χ1n) is 9.01. The number of hydrogen-bond donors (Lipinski definition) is 4. The smallest absolute Gasteiger partial charge is 0.290 e. The van der Waals surface area contributed by atoms with Gasteiger partial charge in [-0.25, -0.2) is 0 Å². The number of nitrogen functional groups attached to an aromatic ring is 1. The van der Waals surface area contributed by atoms with Gasteiger partial charge in [-0.2, -0.15) is 9.97 Å². The van der Waals surface area contributed by atoms with Crippen LogP contribution in [-0.4, -0.2) is 45.7 Å². The summed E-state index contributed by atoms with van der Waals surface area (Å²) in [4.78, 5) is 33.4. The van der Waals surface area contributed by atoms with Gasteiger partial charge < -0.3 is 26.0 Å². The van der Waals surface area contributed by atoms with Crippen molar-refractivity contribution in [2.24, 2.45) is 0 Å². The molecule has 0 radical (unpaired) electrons. The van der Waals surface area contributed by atoms with Crippen molar-refractivity contribution in [1.29, 1.82) is 0 Å². The molecule has 0 bridgehead atoms. The Balaban J connectivity index is 0.000000659. The topological polar surface area (TPSA) is 137 Å². The van der Waals surface area contributed by atoms with Gasteiger partial charge in [0.2, 0.25) is 11.5 Å². The molecule has 0 unspecified atom stereocenters. The molecule has 0 spiro atoms. The van der Waals surface area contributed by atoms with Gasteiger partial charge in [0.05, 0.1) is 0 Å². The maximum Gasteiger partial charge on any atom is 0.290 e. The summed E-state index contributed by atoms with van der Waals surface area (Å²) < 4.78 is 0. The van der Waals surface area contributed by atoms with Crippen molar-refractivity contribution in [3.8, 4) is 0 Å². The zero-order valence-corrected chi connectivity index (χ0v) is 15.0. The van der Waals surface area contributed by atoms with E-state index in [4.69, 9.17) is 15.6 Å². The van der Waals surface area contributed by atoms with E-state index in [2.05, 4.69) is 25.2 Å². The van der Waals surface area contributed by atoms with Crippen LogP contribution in [0.5, 0.6) is 0 Å². The molecule has 2 aliphatic rings. The highest BCUT2D eigenvalue weighted by Crippen LogP contribution is 2.31. The minimum Gasteiger partial charge on any atom is -0.483 e. The molecule has 9 nitrogen and oxygen atoms in total. The lowest BCUT2D eigenvalue weighted by Gasteiger charge is -2.33. The highest BCUT2D eigenvalue weighted by molar-refractivity contribution is 5.53. The van der Waals surface area contributed by atoms with Gasteiger partial charge in [-0.05, 0) is 43.2 Å². The predicted octanol–water partition coefficient (Wildman–Crippen LogP) is 1.41. The fourth-order valence-corrected chi connectivity index (χ4v) is 3.28. The van der Waals surface area contributed by atoms with Crippen molar-refractivity contribution < 1.29 is 9.90 Å². The zero-order chi connectivity index (χ0) is 19.2. The molecule has 1 aliphatic carbocycles. The first-order valence-corrected chi connectivity index (χ1v) is 9.01. The number of anilines is 3. The lowest BCUT2D eigenvalue weighted by atomic mass is 9.90. The Morgan fingerprint density at radius 2 is 1.93 bits per heavy atom. The van der Waals surface area contributed by atoms with Gasteiger partial charge in [0, 0.05) is 37.5 Å². The molecular weight excluding hydrogens is 348 g/mol. The summed E-state index contributed by atoms with van der Waals surface area (Å²) in [7, 11) is 0. The SMILES string of the molecule is Nc1nc(NC2CC2)cc(N2CCC(c3cc[nH]c(=O)c3)CC2)n1.O=CO. The van der Waals surface area contributed by atoms with Gasteiger partial charge in [0.25, 0.3) is 6.47 Å². The number of rotatable bonds is 4. The lowest BCUT2D eigenvalue weighted by molar-refractivity contribution is -0.122. The molecule has 0 aromatic carbocycles. The molecule has 4 rings (SSSR count).